The van der Waals surface area contributed by atoms with Crippen molar-refractivity contribution in [2.45, 2.75) is 27.2 Å². The van der Waals surface area contributed by atoms with Gasteiger partial charge in [0.1, 0.15) is 7.14 Å². The van der Waals surface area contributed by atoms with Crippen LogP contribution in [0.5, 0.6) is 0 Å². The van der Waals surface area contributed by atoms with E-state index in [2.05, 4.69) is 12.2 Å². The summed E-state index contributed by atoms with van der Waals surface area (Å²) >= 11 is 0. The molecule has 4 heteroatoms. The average molecular weight is 331 g/mol. The highest BCUT2D eigenvalue weighted by Crippen LogP contribution is 2.34. The van der Waals surface area contributed by atoms with Gasteiger partial charge in [0.25, 0.3) is 5.91 Å². The van der Waals surface area contributed by atoms with Crippen LogP contribution in [0.15, 0.2) is 48.5 Å². The molecule has 0 saturated carbocycles. The minimum atomic E-state index is -2.28. The van der Waals surface area contributed by atoms with Crippen molar-refractivity contribution >= 4 is 24.0 Å². The molecule has 2 rings (SSSR count). The quantitative estimate of drug-likeness (QED) is 0.820. The Bertz CT molecular complexity index is 687. The normalized spacial score (nSPS) is 10.5. The van der Waals surface area contributed by atoms with Crippen LogP contribution in [0.4, 0.5) is 5.69 Å². The molecule has 0 aliphatic carbocycles. The number of amides is 1. The lowest BCUT2D eigenvalue weighted by Gasteiger charge is -2.09. The first kappa shape index (κ1) is 19.2. The van der Waals surface area contributed by atoms with E-state index in [1.54, 1.807) is 37.6 Å². The summed E-state index contributed by atoms with van der Waals surface area (Å²) in [5.41, 5.74) is 2.54. The first-order chi connectivity index (χ1) is 10.9. The summed E-state index contributed by atoms with van der Waals surface area (Å²) in [6.45, 7) is 9.52. The molecule has 0 aromatic heterocycles. The molecule has 0 radical (unpaired) electrons. The van der Waals surface area contributed by atoms with Crippen LogP contribution in [0.2, 0.25) is 0 Å². The van der Waals surface area contributed by atoms with Gasteiger partial charge in [-0.1, -0.05) is 45.0 Å². The zero-order chi connectivity index (χ0) is 17.5. The van der Waals surface area contributed by atoms with Crippen molar-refractivity contribution in [3.05, 3.63) is 59.7 Å². The van der Waals surface area contributed by atoms with Gasteiger partial charge < -0.3 is 9.88 Å². The van der Waals surface area contributed by atoms with E-state index in [9.17, 15) is 9.36 Å². The predicted octanol–water partition coefficient (Wildman–Crippen LogP) is 4.78. The topological polar surface area (TPSA) is 46.2 Å². The Morgan fingerprint density at radius 1 is 1.04 bits per heavy atom. The number of aryl methyl sites for hydroxylation is 1. The van der Waals surface area contributed by atoms with E-state index in [-0.39, 0.29) is 5.91 Å². The molecule has 0 aliphatic heterocycles. The van der Waals surface area contributed by atoms with E-state index in [1.165, 1.54) is 5.56 Å². The number of rotatable bonds is 4. The summed E-state index contributed by atoms with van der Waals surface area (Å²) in [6, 6.07) is 14.8. The van der Waals surface area contributed by atoms with E-state index in [4.69, 9.17) is 0 Å². The Morgan fingerprint density at radius 2 is 1.65 bits per heavy atom. The minimum Gasteiger partial charge on any atom is -0.322 e. The monoisotopic (exact) mass is 331 g/mol. The second-order valence-electron chi connectivity index (χ2n) is 5.41. The lowest BCUT2D eigenvalue weighted by Crippen LogP contribution is -2.13. The summed E-state index contributed by atoms with van der Waals surface area (Å²) in [4.78, 5) is 12.2. The Kier molecular flexibility index (Phi) is 7.25. The predicted molar refractivity (Wildman–Crippen MR) is 101 cm³/mol. The lowest BCUT2D eigenvalue weighted by atomic mass is 10.1. The fraction of sp³-hybridized carbons (Fsp3) is 0.316. The lowest BCUT2D eigenvalue weighted by molar-refractivity contribution is 0.102. The summed E-state index contributed by atoms with van der Waals surface area (Å²) in [5, 5.41) is 3.67. The van der Waals surface area contributed by atoms with Crippen molar-refractivity contribution in [2.75, 3.05) is 18.6 Å². The molecule has 0 unspecified atom stereocenters. The van der Waals surface area contributed by atoms with E-state index in [0.29, 0.717) is 5.56 Å². The van der Waals surface area contributed by atoms with E-state index in [1.807, 2.05) is 38.1 Å². The maximum absolute atomic E-state index is 12.2. The standard InChI is InChI=1S/C17H20NO2P.C2H6/c1-4-13-6-5-7-15(12-13)18-17(19)14-8-10-16(11-9-14)21(2,3)20;1-2/h5-12H,4H2,1-3H3,(H,18,19);1-2H3. The van der Waals surface area contributed by atoms with Gasteiger partial charge in [0.15, 0.2) is 0 Å². The van der Waals surface area contributed by atoms with Gasteiger partial charge in [-0.25, -0.2) is 0 Å². The maximum Gasteiger partial charge on any atom is 0.255 e. The van der Waals surface area contributed by atoms with Crippen LogP contribution in [0.1, 0.15) is 36.7 Å². The molecule has 0 fully saturated rings. The van der Waals surface area contributed by atoms with Gasteiger partial charge in [0, 0.05) is 16.6 Å². The molecule has 1 amide bonds. The Balaban J connectivity index is 0.00000127. The second-order valence-corrected chi connectivity index (χ2v) is 8.62. The van der Waals surface area contributed by atoms with Crippen LogP contribution in [-0.2, 0) is 11.0 Å². The molecule has 3 nitrogen and oxygen atoms in total. The van der Waals surface area contributed by atoms with Crippen molar-refractivity contribution < 1.29 is 9.36 Å². The Morgan fingerprint density at radius 3 is 2.17 bits per heavy atom. The molecule has 0 heterocycles. The van der Waals surface area contributed by atoms with Crippen molar-refractivity contribution in [1.82, 2.24) is 0 Å². The van der Waals surface area contributed by atoms with Crippen molar-refractivity contribution in [2.24, 2.45) is 0 Å². The summed E-state index contributed by atoms with van der Waals surface area (Å²) in [7, 11) is -2.28. The van der Waals surface area contributed by atoms with Gasteiger partial charge >= 0.3 is 0 Å². The Hall–Kier alpha value is -1.86. The highest BCUT2D eigenvalue weighted by Gasteiger charge is 2.12. The molecule has 0 atom stereocenters. The van der Waals surface area contributed by atoms with Crippen molar-refractivity contribution in [3.63, 3.8) is 0 Å². The van der Waals surface area contributed by atoms with Gasteiger partial charge in [-0.15, -0.1) is 0 Å². The van der Waals surface area contributed by atoms with Crippen LogP contribution in [0.25, 0.3) is 0 Å². The third-order valence-corrected chi connectivity index (χ3v) is 4.89. The molecule has 0 saturated heterocycles. The van der Waals surface area contributed by atoms with E-state index >= 15 is 0 Å². The largest absolute Gasteiger partial charge is 0.322 e. The summed E-state index contributed by atoms with van der Waals surface area (Å²) in [5.74, 6) is -0.156. The number of nitrogens with one attached hydrogen (secondary N) is 1. The minimum absolute atomic E-state index is 0.156. The molecule has 23 heavy (non-hydrogen) atoms. The summed E-state index contributed by atoms with van der Waals surface area (Å²) < 4.78 is 12.0. The van der Waals surface area contributed by atoms with E-state index in [0.717, 1.165) is 17.4 Å². The second kappa shape index (κ2) is 8.69. The van der Waals surface area contributed by atoms with Gasteiger partial charge in [-0.2, -0.15) is 0 Å². The van der Waals surface area contributed by atoms with E-state index < -0.39 is 7.14 Å². The van der Waals surface area contributed by atoms with Gasteiger partial charge in [0.05, 0.1) is 0 Å². The molecule has 0 spiro atoms. The van der Waals surface area contributed by atoms with Crippen molar-refractivity contribution in [3.8, 4) is 0 Å². The molecule has 0 aliphatic rings. The van der Waals surface area contributed by atoms with Crippen LogP contribution in [0, 0.1) is 0 Å². The fourth-order valence-electron chi connectivity index (χ4n) is 2.04. The molecule has 1 N–H and O–H groups in total. The zero-order valence-electron chi connectivity index (χ0n) is 14.6. The number of hydrogen-bond donors (Lipinski definition) is 1. The van der Waals surface area contributed by atoms with Gasteiger partial charge in [-0.05, 0) is 49.6 Å². The molecule has 2 aromatic carbocycles. The Labute approximate surface area is 139 Å². The number of carbonyl (C=O) groups excluding carboxylic acids is 1. The SMILES string of the molecule is CC.CCc1cccc(NC(=O)c2ccc(P(C)(C)=O)cc2)c1. The smallest absolute Gasteiger partial charge is 0.255 e. The molecular formula is C19H26NO2P. The maximum atomic E-state index is 12.2. The highest BCUT2D eigenvalue weighted by atomic mass is 31.2. The molecular weight excluding hydrogens is 305 g/mol. The third kappa shape index (κ3) is 5.69. The summed E-state index contributed by atoms with van der Waals surface area (Å²) in [6.07, 6.45) is 0.931. The first-order valence-corrected chi connectivity index (χ1v) is 10.6. The van der Waals surface area contributed by atoms with Gasteiger partial charge in [0.2, 0.25) is 0 Å². The van der Waals surface area contributed by atoms with Crippen LogP contribution in [0.3, 0.4) is 0 Å². The highest BCUT2D eigenvalue weighted by molar-refractivity contribution is 7.70. The zero-order valence-corrected chi connectivity index (χ0v) is 15.5. The van der Waals surface area contributed by atoms with Crippen LogP contribution in [-0.4, -0.2) is 19.2 Å². The number of anilines is 1. The number of carbonyl (C=O) groups is 1. The molecule has 2 aromatic rings. The average Bonchev–Trinajstić information content (AvgIpc) is 2.56. The first-order valence-electron chi connectivity index (χ1n) is 7.96. The number of hydrogen-bond acceptors (Lipinski definition) is 2. The third-order valence-electron chi connectivity index (χ3n) is 3.34. The van der Waals surface area contributed by atoms with Crippen LogP contribution >= 0.6 is 7.14 Å². The number of benzene rings is 2. The fourth-order valence-corrected chi connectivity index (χ4v) is 2.91. The molecule has 124 valence electrons. The van der Waals surface area contributed by atoms with Gasteiger partial charge in [-0.3, -0.25) is 4.79 Å². The van der Waals surface area contributed by atoms with Crippen LogP contribution < -0.4 is 10.6 Å². The van der Waals surface area contributed by atoms with Crippen molar-refractivity contribution in [1.29, 1.82) is 0 Å². The molecule has 0 bridgehead atoms.